The Morgan fingerprint density at radius 3 is 2.75 bits per heavy atom. The topological polar surface area (TPSA) is 50.2 Å². The van der Waals surface area contributed by atoms with E-state index in [1.165, 1.54) is 12.1 Å². The van der Waals surface area contributed by atoms with Gasteiger partial charge in [-0.25, -0.2) is 9.37 Å². The number of fused-ring (bicyclic) bond motifs is 1. The molecular weight excluding hydrogens is 494 g/mol. The molecule has 0 atom stereocenters. The Kier molecular flexibility index (Phi) is 6.90. The van der Waals surface area contributed by atoms with Gasteiger partial charge in [-0.3, -0.25) is 9.69 Å². The van der Waals surface area contributed by atoms with Gasteiger partial charge in [0.25, 0.3) is 0 Å². The van der Waals surface area contributed by atoms with Crippen molar-refractivity contribution >= 4 is 57.6 Å². The number of hydrogen-bond donors (Lipinski definition) is 1. The molecule has 1 aliphatic heterocycles. The van der Waals surface area contributed by atoms with Crippen LogP contribution in [-0.4, -0.2) is 40.0 Å². The highest BCUT2D eigenvalue weighted by atomic mass is 127. The number of carbonyl (C=O) groups is 1. The highest BCUT2D eigenvalue weighted by Crippen LogP contribution is 2.27. The van der Waals surface area contributed by atoms with Crippen molar-refractivity contribution in [2.45, 2.75) is 18.9 Å². The normalized spacial score (nSPS) is 15.4. The molecule has 0 radical (unpaired) electrons. The second kappa shape index (κ2) is 9.19. The molecule has 1 amide bonds. The molecule has 2 heterocycles. The van der Waals surface area contributed by atoms with Crippen LogP contribution in [0.4, 0.5) is 10.1 Å². The molecule has 0 unspecified atom stereocenters. The zero-order chi connectivity index (χ0) is 18.8. The van der Waals surface area contributed by atoms with Crippen LogP contribution in [0, 0.1) is 9.39 Å². The second-order valence-electron chi connectivity index (χ2n) is 6.85. The summed E-state index contributed by atoms with van der Waals surface area (Å²) in [5, 5.41) is 2.96. The number of imidazole rings is 1. The number of halogens is 3. The summed E-state index contributed by atoms with van der Waals surface area (Å²) in [7, 11) is 0. The maximum Gasteiger partial charge on any atom is 0.238 e. The minimum Gasteiger partial charge on any atom is -0.327 e. The molecule has 4 rings (SSSR count). The van der Waals surface area contributed by atoms with Gasteiger partial charge in [0, 0.05) is 34.5 Å². The third-order valence-corrected chi connectivity index (χ3v) is 5.63. The number of benzene rings is 2. The van der Waals surface area contributed by atoms with Gasteiger partial charge in [-0.15, -0.1) is 12.4 Å². The van der Waals surface area contributed by atoms with E-state index in [0.717, 1.165) is 40.7 Å². The van der Waals surface area contributed by atoms with Crippen molar-refractivity contribution in [1.82, 2.24) is 14.5 Å². The van der Waals surface area contributed by atoms with Crippen LogP contribution in [0.15, 0.2) is 48.8 Å². The lowest BCUT2D eigenvalue weighted by Crippen LogP contribution is -2.39. The molecule has 0 bridgehead atoms. The summed E-state index contributed by atoms with van der Waals surface area (Å²) in [6.07, 6.45) is 3.69. The number of carbonyl (C=O) groups excluding carboxylic acids is 1. The monoisotopic (exact) mass is 514 g/mol. The third kappa shape index (κ3) is 4.82. The zero-order valence-electron chi connectivity index (χ0n) is 15.1. The summed E-state index contributed by atoms with van der Waals surface area (Å²) >= 11 is 2.23. The number of piperidine rings is 1. The van der Waals surface area contributed by atoms with Crippen LogP contribution < -0.4 is 5.32 Å². The zero-order valence-corrected chi connectivity index (χ0v) is 18.1. The average molecular weight is 515 g/mol. The van der Waals surface area contributed by atoms with Gasteiger partial charge in [-0.1, -0.05) is 6.07 Å². The molecule has 148 valence electrons. The van der Waals surface area contributed by atoms with Gasteiger partial charge in [-0.05, 0) is 65.8 Å². The molecule has 1 N–H and O–H groups in total. The van der Waals surface area contributed by atoms with Crippen LogP contribution in [0.3, 0.4) is 0 Å². The van der Waals surface area contributed by atoms with E-state index in [1.54, 1.807) is 12.4 Å². The second-order valence-corrected chi connectivity index (χ2v) is 8.10. The summed E-state index contributed by atoms with van der Waals surface area (Å²) in [6, 6.07) is 12.9. The fourth-order valence-electron chi connectivity index (χ4n) is 3.62. The first kappa shape index (κ1) is 21.0. The predicted molar refractivity (Wildman–Crippen MR) is 119 cm³/mol. The van der Waals surface area contributed by atoms with Crippen LogP contribution >= 0.6 is 35.0 Å². The van der Waals surface area contributed by atoms with E-state index >= 15 is 0 Å². The minimum atomic E-state index is -0.262. The fraction of sp³-hybridized carbons (Fsp3) is 0.300. The van der Waals surface area contributed by atoms with E-state index in [4.69, 9.17) is 0 Å². The van der Waals surface area contributed by atoms with Gasteiger partial charge in [0.15, 0.2) is 0 Å². The SMILES string of the molecule is Cl.O=C(CN1CCC(n2cnc3cc(F)ccc32)CC1)Nc1cccc(I)c1. The van der Waals surface area contributed by atoms with Crippen LogP contribution in [0.25, 0.3) is 11.0 Å². The van der Waals surface area contributed by atoms with E-state index in [-0.39, 0.29) is 24.1 Å². The minimum absolute atomic E-state index is 0. The van der Waals surface area contributed by atoms with Crippen molar-refractivity contribution in [2.24, 2.45) is 0 Å². The molecule has 0 aliphatic carbocycles. The summed E-state index contributed by atoms with van der Waals surface area (Å²) < 4.78 is 16.6. The predicted octanol–water partition coefficient (Wildman–Crippen LogP) is 4.48. The molecule has 28 heavy (non-hydrogen) atoms. The Labute approximate surface area is 182 Å². The number of anilines is 1. The van der Waals surface area contributed by atoms with E-state index in [2.05, 4.69) is 42.4 Å². The molecule has 1 aromatic heterocycles. The average Bonchev–Trinajstić information content (AvgIpc) is 3.05. The Hall–Kier alpha value is -1.71. The lowest BCUT2D eigenvalue weighted by Gasteiger charge is -2.32. The Morgan fingerprint density at radius 2 is 2.00 bits per heavy atom. The number of likely N-dealkylation sites (tertiary alicyclic amines) is 1. The molecule has 3 aromatic rings. The number of amides is 1. The molecule has 1 aliphatic rings. The summed E-state index contributed by atoms with van der Waals surface area (Å²) in [6.45, 7) is 2.10. The Morgan fingerprint density at radius 1 is 1.21 bits per heavy atom. The van der Waals surface area contributed by atoms with Crippen molar-refractivity contribution < 1.29 is 9.18 Å². The van der Waals surface area contributed by atoms with Crippen molar-refractivity contribution in [1.29, 1.82) is 0 Å². The number of nitrogens with one attached hydrogen (secondary N) is 1. The van der Waals surface area contributed by atoms with Crippen molar-refractivity contribution in [3.8, 4) is 0 Å². The Bertz CT molecular complexity index is 972. The van der Waals surface area contributed by atoms with Gasteiger partial charge >= 0.3 is 0 Å². The van der Waals surface area contributed by atoms with Crippen molar-refractivity contribution in [2.75, 3.05) is 25.0 Å². The number of hydrogen-bond acceptors (Lipinski definition) is 3. The van der Waals surface area contributed by atoms with Gasteiger partial charge in [-0.2, -0.15) is 0 Å². The van der Waals surface area contributed by atoms with E-state index in [0.29, 0.717) is 18.1 Å². The van der Waals surface area contributed by atoms with Gasteiger partial charge in [0.05, 0.1) is 23.9 Å². The molecule has 0 saturated carbocycles. The number of rotatable bonds is 4. The number of nitrogens with zero attached hydrogens (tertiary/aromatic N) is 3. The molecule has 2 aromatic carbocycles. The highest BCUT2D eigenvalue weighted by molar-refractivity contribution is 14.1. The number of aromatic nitrogens is 2. The first-order valence-electron chi connectivity index (χ1n) is 8.98. The standard InChI is InChI=1S/C20H20FIN4O.ClH/c21-14-4-5-19-18(10-14)23-13-26(19)17-6-8-25(9-7-17)12-20(27)24-16-3-1-2-15(22)11-16;/h1-5,10-11,13,17H,6-9,12H2,(H,24,27);1H. The first-order chi connectivity index (χ1) is 13.1. The largest absolute Gasteiger partial charge is 0.327 e. The third-order valence-electron chi connectivity index (χ3n) is 4.96. The van der Waals surface area contributed by atoms with Crippen LogP contribution in [0.5, 0.6) is 0 Å². The van der Waals surface area contributed by atoms with Crippen LogP contribution in [0.1, 0.15) is 18.9 Å². The summed E-state index contributed by atoms with van der Waals surface area (Å²) in [4.78, 5) is 18.8. The van der Waals surface area contributed by atoms with Gasteiger partial charge in [0.2, 0.25) is 5.91 Å². The molecule has 0 spiro atoms. The van der Waals surface area contributed by atoms with E-state index in [9.17, 15) is 9.18 Å². The Balaban J connectivity index is 0.00000225. The lowest BCUT2D eigenvalue weighted by atomic mass is 10.0. The van der Waals surface area contributed by atoms with Gasteiger partial charge < -0.3 is 9.88 Å². The lowest BCUT2D eigenvalue weighted by molar-refractivity contribution is -0.117. The molecule has 8 heteroatoms. The highest BCUT2D eigenvalue weighted by Gasteiger charge is 2.23. The van der Waals surface area contributed by atoms with Gasteiger partial charge in [0.1, 0.15) is 5.82 Å². The smallest absolute Gasteiger partial charge is 0.238 e. The maximum absolute atomic E-state index is 13.3. The summed E-state index contributed by atoms with van der Waals surface area (Å²) in [5.74, 6) is -0.249. The summed E-state index contributed by atoms with van der Waals surface area (Å²) in [5.41, 5.74) is 2.49. The molecule has 1 fully saturated rings. The van der Waals surface area contributed by atoms with Crippen molar-refractivity contribution in [3.63, 3.8) is 0 Å². The van der Waals surface area contributed by atoms with Crippen molar-refractivity contribution in [3.05, 3.63) is 58.2 Å². The van der Waals surface area contributed by atoms with E-state index in [1.807, 2.05) is 24.3 Å². The first-order valence-corrected chi connectivity index (χ1v) is 10.1. The quantitative estimate of drug-likeness (QED) is 0.523. The molecule has 1 saturated heterocycles. The fourth-order valence-corrected chi connectivity index (χ4v) is 4.16. The van der Waals surface area contributed by atoms with Crippen LogP contribution in [-0.2, 0) is 4.79 Å². The maximum atomic E-state index is 13.3. The van der Waals surface area contributed by atoms with Crippen LogP contribution in [0.2, 0.25) is 0 Å². The van der Waals surface area contributed by atoms with E-state index < -0.39 is 0 Å². The molecular formula is C20H21ClFIN4O. The molecule has 5 nitrogen and oxygen atoms in total.